The van der Waals surface area contributed by atoms with Gasteiger partial charge in [0.05, 0.1) is 17.4 Å². The number of nitro benzene ring substituents is 1. The fourth-order valence-corrected chi connectivity index (χ4v) is 3.72. The fraction of sp³-hybridized carbons (Fsp3) is 0.0526. The summed E-state index contributed by atoms with van der Waals surface area (Å²) in [5, 5.41) is 17.2. The molecule has 2 aromatic heterocycles. The smallest absolute Gasteiger partial charge is 0.270 e. The topological polar surface area (TPSA) is 90.2 Å². The Kier molecular flexibility index (Phi) is 4.39. The maximum absolute atomic E-state index is 11.1. The Labute approximate surface area is 158 Å². The van der Waals surface area contributed by atoms with Crippen molar-refractivity contribution in [3.63, 3.8) is 0 Å². The van der Waals surface area contributed by atoms with E-state index in [9.17, 15) is 10.1 Å². The van der Waals surface area contributed by atoms with Crippen LogP contribution in [0.4, 0.5) is 17.2 Å². The van der Waals surface area contributed by atoms with Crippen LogP contribution in [0.2, 0.25) is 0 Å². The van der Waals surface area contributed by atoms with E-state index in [0.717, 1.165) is 32.8 Å². The van der Waals surface area contributed by atoms with Crippen LogP contribution in [-0.2, 0) is 0 Å². The molecule has 0 atom stereocenters. The van der Waals surface area contributed by atoms with Gasteiger partial charge >= 0.3 is 0 Å². The molecule has 0 spiro atoms. The minimum atomic E-state index is -0.399. The molecule has 4 aromatic rings. The van der Waals surface area contributed by atoms with Gasteiger partial charge in [0, 0.05) is 34.8 Å². The summed E-state index contributed by atoms with van der Waals surface area (Å²) >= 11 is 1.47. The minimum absolute atomic E-state index is 0.0472. The number of hydrogen-bond donors (Lipinski definition) is 1. The van der Waals surface area contributed by atoms with Gasteiger partial charge in [0.1, 0.15) is 22.7 Å². The average Bonchev–Trinajstić information content (AvgIpc) is 3.13. The lowest BCUT2D eigenvalue weighted by Gasteiger charge is -2.09. The van der Waals surface area contributed by atoms with Gasteiger partial charge in [-0.05, 0) is 17.7 Å². The highest BCUT2D eigenvalue weighted by atomic mass is 32.1. The van der Waals surface area contributed by atoms with Crippen molar-refractivity contribution in [2.75, 3.05) is 12.4 Å². The molecule has 0 radical (unpaired) electrons. The summed E-state index contributed by atoms with van der Waals surface area (Å²) < 4.78 is 5.26. The zero-order valence-corrected chi connectivity index (χ0v) is 15.1. The largest absolute Gasteiger partial charge is 0.497 e. The number of nitrogens with one attached hydrogen (secondary N) is 1. The molecule has 7 nitrogen and oxygen atoms in total. The first-order chi connectivity index (χ1) is 13.2. The highest BCUT2D eigenvalue weighted by molar-refractivity contribution is 7.17. The van der Waals surface area contributed by atoms with Crippen LogP contribution in [0.15, 0.2) is 60.2 Å². The first-order valence-electron chi connectivity index (χ1n) is 8.04. The molecule has 0 bridgehead atoms. The summed E-state index contributed by atoms with van der Waals surface area (Å²) in [4.78, 5) is 20.2. The molecule has 0 aliphatic carbocycles. The van der Waals surface area contributed by atoms with Crippen LogP contribution in [0.5, 0.6) is 5.75 Å². The van der Waals surface area contributed by atoms with E-state index >= 15 is 0 Å². The molecule has 27 heavy (non-hydrogen) atoms. The molecule has 0 unspecified atom stereocenters. The van der Waals surface area contributed by atoms with Gasteiger partial charge < -0.3 is 10.1 Å². The number of fused-ring (bicyclic) bond motifs is 1. The SMILES string of the molecule is COc1cccc(Nc2ncnc3scc(-c4cccc([N+](=O)[O-])c4)c23)c1. The Morgan fingerprint density at radius 2 is 2.00 bits per heavy atom. The van der Waals surface area contributed by atoms with Crippen molar-refractivity contribution in [2.45, 2.75) is 0 Å². The van der Waals surface area contributed by atoms with Crippen molar-refractivity contribution >= 4 is 38.7 Å². The number of benzene rings is 2. The van der Waals surface area contributed by atoms with Crippen LogP contribution >= 0.6 is 11.3 Å². The van der Waals surface area contributed by atoms with Crippen molar-refractivity contribution in [1.29, 1.82) is 0 Å². The third kappa shape index (κ3) is 3.30. The van der Waals surface area contributed by atoms with Crippen molar-refractivity contribution < 1.29 is 9.66 Å². The molecule has 8 heteroatoms. The Balaban J connectivity index is 1.82. The van der Waals surface area contributed by atoms with Crippen molar-refractivity contribution in [3.05, 3.63) is 70.4 Å². The first-order valence-corrected chi connectivity index (χ1v) is 8.92. The summed E-state index contributed by atoms with van der Waals surface area (Å²) in [6.45, 7) is 0. The molecule has 1 N–H and O–H groups in total. The second-order valence-corrected chi connectivity index (χ2v) is 6.57. The molecule has 0 saturated heterocycles. The summed E-state index contributed by atoms with van der Waals surface area (Å²) in [7, 11) is 1.61. The third-order valence-corrected chi connectivity index (χ3v) is 4.96. The highest BCUT2D eigenvalue weighted by Gasteiger charge is 2.15. The number of anilines is 2. The summed E-state index contributed by atoms with van der Waals surface area (Å²) in [6.07, 6.45) is 1.50. The van der Waals surface area contributed by atoms with Crippen LogP contribution in [0.1, 0.15) is 0 Å². The van der Waals surface area contributed by atoms with Gasteiger partial charge in [0.15, 0.2) is 0 Å². The van der Waals surface area contributed by atoms with Crippen molar-refractivity contribution in [1.82, 2.24) is 9.97 Å². The Hall–Kier alpha value is -3.52. The average molecular weight is 378 g/mol. The molecule has 2 heterocycles. The molecule has 0 aliphatic rings. The lowest BCUT2D eigenvalue weighted by atomic mass is 10.1. The van der Waals surface area contributed by atoms with E-state index in [0.29, 0.717) is 5.82 Å². The van der Waals surface area contributed by atoms with E-state index in [2.05, 4.69) is 15.3 Å². The van der Waals surface area contributed by atoms with Crippen LogP contribution in [0.3, 0.4) is 0 Å². The van der Waals surface area contributed by atoms with E-state index in [4.69, 9.17) is 4.74 Å². The minimum Gasteiger partial charge on any atom is -0.497 e. The summed E-state index contributed by atoms with van der Waals surface area (Å²) in [6, 6.07) is 14.1. The number of thiophene rings is 1. The van der Waals surface area contributed by atoms with E-state index in [-0.39, 0.29) is 5.69 Å². The number of aromatic nitrogens is 2. The standard InChI is InChI=1S/C19H14N4O3S/c1-26-15-7-3-5-13(9-15)22-18-17-16(10-27-19(17)21-11-20-18)12-4-2-6-14(8-12)23(24)25/h2-11H,1H3,(H,20,21,22). The molecule has 0 saturated carbocycles. The number of methoxy groups -OCH3 is 1. The molecule has 0 fully saturated rings. The maximum atomic E-state index is 11.1. The number of nitro groups is 1. The normalized spacial score (nSPS) is 10.7. The van der Waals surface area contributed by atoms with Crippen LogP contribution in [0, 0.1) is 10.1 Å². The summed E-state index contributed by atoms with van der Waals surface area (Å²) in [5.41, 5.74) is 2.47. The molecule has 2 aromatic carbocycles. The molecule has 0 aliphatic heterocycles. The first kappa shape index (κ1) is 16.9. The molecule has 0 amide bonds. The van der Waals surface area contributed by atoms with E-state index in [1.807, 2.05) is 35.7 Å². The quantitative estimate of drug-likeness (QED) is 0.387. The van der Waals surface area contributed by atoms with Gasteiger partial charge in [-0.15, -0.1) is 11.3 Å². The van der Waals surface area contributed by atoms with Gasteiger partial charge in [0.2, 0.25) is 0 Å². The lowest BCUT2D eigenvalue weighted by Crippen LogP contribution is -1.96. The number of hydrogen-bond acceptors (Lipinski definition) is 7. The maximum Gasteiger partial charge on any atom is 0.270 e. The number of non-ortho nitro benzene ring substituents is 1. The van der Waals surface area contributed by atoms with E-state index in [1.165, 1.54) is 23.7 Å². The predicted octanol–water partition coefficient (Wildman–Crippen LogP) is 5.02. The summed E-state index contributed by atoms with van der Waals surface area (Å²) in [5.74, 6) is 1.37. The Bertz CT molecular complexity index is 1140. The third-order valence-electron chi connectivity index (χ3n) is 4.07. The zero-order valence-electron chi connectivity index (χ0n) is 14.2. The molecular formula is C19H14N4O3S. The number of nitrogens with zero attached hydrogens (tertiary/aromatic N) is 3. The van der Waals surface area contributed by atoms with Crippen molar-refractivity contribution in [3.8, 4) is 16.9 Å². The monoisotopic (exact) mass is 378 g/mol. The number of ether oxygens (including phenoxy) is 1. The second kappa shape index (κ2) is 7.00. The van der Waals surface area contributed by atoms with Gasteiger partial charge in [-0.3, -0.25) is 10.1 Å². The fourth-order valence-electron chi connectivity index (χ4n) is 2.81. The lowest BCUT2D eigenvalue weighted by molar-refractivity contribution is -0.384. The van der Waals surface area contributed by atoms with E-state index in [1.54, 1.807) is 19.2 Å². The van der Waals surface area contributed by atoms with Crippen LogP contribution in [0.25, 0.3) is 21.3 Å². The van der Waals surface area contributed by atoms with Crippen LogP contribution in [-0.4, -0.2) is 22.0 Å². The second-order valence-electron chi connectivity index (χ2n) is 5.72. The van der Waals surface area contributed by atoms with Crippen molar-refractivity contribution in [2.24, 2.45) is 0 Å². The van der Waals surface area contributed by atoms with Gasteiger partial charge in [-0.1, -0.05) is 18.2 Å². The Morgan fingerprint density at radius 3 is 2.81 bits per heavy atom. The molecule has 4 rings (SSSR count). The van der Waals surface area contributed by atoms with Gasteiger partial charge in [0.25, 0.3) is 5.69 Å². The van der Waals surface area contributed by atoms with Gasteiger partial charge in [-0.25, -0.2) is 9.97 Å². The predicted molar refractivity (Wildman–Crippen MR) is 106 cm³/mol. The van der Waals surface area contributed by atoms with Crippen LogP contribution < -0.4 is 10.1 Å². The highest BCUT2D eigenvalue weighted by Crippen LogP contribution is 2.38. The number of rotatable bonds is 5. The van der Waals surface area contributed by atoms with Gasteiger partial charge in [-0.2, -0.15) is 0 Å². The molecular weight excluding hydrogens is 364 g/mol. The zero-order chi connectivity index (χ0) is 18.8. The molecule has 134 valence electrons. The van der Waals surface area contributed by atoms with E-state index < -0.39 is 4.92 Å². The Morgan fingerprint density at radius 1 is 1.15 bits per heavy atom.